The third kappa shape index (κ3) is 6.19. The fourth-order valence-electron chi connectivity index (χ4n) is 5.43. The van der Waals surface area contributed by atoms with Crippen molar-refractivity contribution in [2.75, 3.05) is 32.6 Å². The molecule has 1 aliphatic heterocycles. The number of nitrogens with zero attached hydrogens (tertiary/aromatic N) is 7. The van der Waals surface area contributed by atoms with Gasteiger partial charge in [0.2, 0.25) is 12.3 Å². The lowest BCUT2D eigenvalue weighted by Gasteiger charge is -2.36. The number of nitrogens with one attached hydrogen (secondary N) is 1. The molecule has 2 aromatic heterocycles. The zero-order chi connectivity index (χ0) is 31.8. The number of aromatic nitrogens is 5. The van der Waals surface area contributed by atoms with Gasteiger partial charge in [-0.3, -0.25) is 4.90 Å². The molecule has 0 aliphatic carbocycles. The summed E-state index contributed by atoms with van der Waals surface area (Å²) in [6, 6.07) is 10.9. The first kappa shape index (κ1) is 33.0. The third-order valence-electron chi connectivity index (χ3n) is 7.58. The predicted octanol–water partition coefficient (Wildman–Crippen LogP) is 1.24. The van der Waals surface area contributed by atoms with Gasteiger partial charge in [0.25, 0.3) is 0 Å². The lowest BCUT2D eigenvalue weighted by molar-refractivity contribution is -0.138. The second kappa shape index (κ2) is 12.6. The highest BCUT2D eigenvalue weighted by Crippen LogP contribution is 2.43. The summed E-state index contributed by atoms with van der Waals surface area (Å²) in [7, 11) is 4.99. The second-order valence-corrected chi connectivity index (χ2v) is 10.7. The Labute approximate surface area is 261 Å². The average molecular weight is 645 g/mol. The molecule has 0 saturated heterocycles. The van der Waals surface area contributed by atoms with Crippen molar-refractivity contribution in [3.05, 3.63) is 92.9 Å². The average Bonchev–Trinajstić information content (AvgIpc) is 3.67. The van der Waals surface area contributed by atoms with E-state index in [4.69, 9.17) is 9.15 Å². The summed E-state index contributed by atoms with van der Waals surface area (Å²) in [6.07, 6.45) is -2.36. The van der Waals surface area contributed by atoms with Crippen LogP contribution >= 0.6 is 0 Å². The summed E-state index contributed by atoms with van der Waals surface area (Å²) in [5, 5.41) is 23.9. The standard InChI is InChI=1S/C29H27F3N8O4.ClH/c1-17-23(25(41)43-4)24(39-26(35-36-27(39)42)38(17)21-9-5-8-20(14-21)29(30,31)32)22-11-10-18(15-33)13-19(22)7-6-12-40(2,3)28-37-34-16-44-28;/h5,8-11,13-14,16,24H,6-7,12H2,1-4H3;1H/t24-;/m1./s1. The first-order chi connectivity index (χ1) is 20.9. The van der Waals surface area contributed by atoms with Crippen LogP contribution in [-0.2, 0) is 22.1 Å². The van der Waals surface area contributed by atoms with Crippen molar-refractivity contribution in [3.63, 3.8) is 0 Å². The Morgan fingerprint density at radius 2 is 1.98 bits per heavy atom. The fraction of sp³-hybridized carbons (Fsp3) is 0.310. The smallest absolute Gasteiger partial charge is 0.424 e. The van der Waals surface area contributed by atoms with Crippen LogP contribution in [0.4, 0.5) is 30.8 Å². The molecule has 0 amide bonds. The van der Waals surface area contributed by atoms with Crippen LogP contribution in [0.3, 0.4) is 0 Å². The Hall–Kier alpha value is -4.94. The number of halogens is 4. The maximum absolute atomic E-state index is 13.6. The minimum Gasteiger partial charge on any atom is -1.00 e. The molecule has 0 radical (unpaired) electrons. The third-order valence-corrected chi connectivity index (χ3v) is 7.58. The largest absolute Gasteiger partial charge is 1.00 e. The van der Waals surface area contributed by atoms with Gasteiger partial charge < -0.3 is 21.6 Å². The number of benzene rings is 2. The van der Waals surface area contributed by atoms with Gasteiger partial charge >= 0.3 is 23.9 Å². The molecule has 5 rings (SSSR count). The van der Waals surface area contributed by atoms with Crippen LogP contribution in [0.15, 0.2) is 69.3 Å². The van der Waals surface area contributed by atoms with E-state index in [9.17, 15) is 28.0 Å². The molecule has 0 unspecified atom stereocenters. The van der Waals surface area contributed by atoms with Crippen molar-refractivity contribution < 1.29 is 39.5 Å². The van der Waals surface area contributed by atoms with Gasteiger partial charge in [-0.25, -0.2) is 23.7 Å². The van der Waals surface area contributed by atoms with E-state index in [1.807, 2.05) is 14.1 Å². The SMILES string of the molecule is COC(=O)C1=C(C)N(c2cccc(C(F)(F)F)c2)c2n[nH]c(=O)n2[C@@H]1c1ccc(C#N)cc1CCC[N+](C)(C)c1nnco1.[Cl-]. The Morgan fingerprint density at radius 3 is 2.62 bits per heavy atom. The maximum atomic E-state index is 13.6. The maximum Gasteiger partial charge on any atom is 0.424 e. The first-order valence-electron chi connectivity index (χ1n) is 13.4. The highest BCUT2D eigenvalue weighted by molar-refractivity contribution is 5.93. The number of ether oxygens (including phenoxy) is 1. The Balaban J connectivity index is 0.00000461. The van der Waals surface area contributed by atoms with E-state index < -0.39 is 29.4 Å². The van der Waals surface area contributed by atoms with Crippen molar-refractivity contribution in [2.24, 2.45) is 0 Å². The molecule has 0 bridgehead atoms. The van der Waals surface area contributed by atoms with Gasteiger partial charge in [-0.2, -0.15) is 18.4 Å². The van der Waals surface area contributed by atoms with E-state index in [1.54, 1.807) is 25.1 Å². The normalized spacial score (nSPS) is 14.9. The highest BCUT2D eigenvalue weighted by Gasteiger charge is 2.41. The number of carbonyl (C=O) groups excluding carboxylic acids is 1. The van der Waals surface area contributed by atoms with Gasteiger partial charge in [0.15, 0.2) is 0 Å². The zero-order valence-corrected chi connectivity index (χ0v) is 25.3. The monoisotopic (exact) mass is 644 g/mol. The van der Waals surface area contributed by atoms with Crippen LogP contribution in [0.25, 0.3) is 0 Å². The van der Waals surface area contributed by atoms with E-state index in [0.717, 1.165) is 12.1 Å². The number of esters is 1. The van der Waals surface area contributed by atoms with Crippen LogP contribution in [-0.4, -0.2) is 58.7 Å². The number of carbonyl (C=O) groups is 1. The van der Waals surface area contributed by atoms with Crippen molar-refractivity contribution in [2.45, 2.75) is 32.0 Å². The summed E-state index contributed by atoms with van der Waals surface area (Å²) >= 11 is 0. The van der Waals surface area contributed by atoms with Gasteiger partial charge in [0, 0.05) is 17.8 Å². The summed E-state index contributed by atoms with van der Waals surface area (Å²) in [5.74, 6) is -0.804. The molecule has 1 N–H and O–H groups in total. The van der Waals surface area contributed by atoms with E-state index in [-0.39, 0.29) is 35.3 Å². The molecular formula is C29H28ClF3N8O4. The van der Waals surface area contributed by atoms with Crippen molar-refractivity contribution >= 4 is 23.6 Å². The number of anilines is 2. The number of quaternary nitrogens is 1. The van der Waals surface area contributed by atoms with E-state index in [2.05, 4.69) is 26.5 Å². The summed E-state index contributed by atoms with van der Waals surface area (Å²) in [6.45, 7) is 2.12. The number of nitriles is 1. The van der Waals surface area contributed by atoms with Crippen LogP contribution in [0, 0.1) is 11.3 Å². The molecule has 45 heavy (non-hydrogen) atoms. The number of fused-ring (bicyclic) bond motifs is 1. The number of allylic oxidation sites excluding steroid dienone is 1. The highest BCUT2D eigenvalue weighted by atomic mass is 35.5. The van der Waals surface area contributed by atoms with Crippen LogP contribution < -0.4 is 27.5 Å². The van der Waals surface area contributed by atoms with Gasteiger partial charge in [0.05, 0.1) is 50.5 Å². The lowest BCUT2D eigenvalue weighted by Crippen LogP contribution is -3.00. The van der Waals surface area contributed by atoms with E-state index in [0.29, 0.717) is 46.6 Å². The number of rotatable bonds is 8. The molecule has 1 atom stereocenters. The molecular weight excluding hydrogens is 617 g/mol. The molecule has 2 aromatic carbocycles. The number of methoxy groups -OCH3 is 1. The number of hydrogen-bond acceptors (Lipinski definition) is 9. The number of hydrogen-bond donors (Lipinski definition) is 1. The van der Waals surface area contributed by atoms with Crippen LogP contribution in [0.1, 0.15) is 41.6 Å². The Bertz CT molecular complexity index is 1840. The number of H-pyrrole nitrogens is 1. The molecule has 0 fully saturated rings. The Morgan fingerprint density at radius 1 is 1.22 bits per heavy atom. The molecule has 0 saturated carbocycles. The number of alkyl halides is 3. The quantitative estimate of drug-likeness (QED) is 0.221. The minimum absolute atomic E-state index is 0. The predicted molar refractivity (Wildman–Crippen MR) is 152 cm³/mol. The molecule has 16 heteroatoms. The summed E-state index contributed by atoms with van der Waals surface area (Å²) < 4.78 is 52.9. The van der Waals surface area contributed by atoms with E-state index in [1.165, 1.54) is 35.1 Å². The van der Waals surface area contributed by atoms with Gasteiger partial charge in [-0.1, -0.05) is 17.2 Å². The molecule has 12 nitrogen and oxygen atoms in total. The number of aromatic amines is 1. The molecule has 4 aromatic rings. The number of aryl methyl sites for hydroxylation is 1. The second-order valence-electron chi connectivity index (χ2n) is 10.7. The van der Waals surface area contributed by atoms with Gasteiger partial charge in [0.1, 0.15) is 6.04 Å². The van der Waals surface area contributed by atoms with E-state index >= 15 is 0 Å². The Kier molecular flexibility index (Phi) is 9.22. The van der Waals surface area contributed by atoms with Crippen molar-refractivity contribution in [1.82, 2.24) is 29.4 Å². The van der Waals surface area contributed by atoms with Crippen molar-refractivity contribution in [3.8, 4) is 6.07 Å². The zero-order valence-electron chi connectivity index (χ0n) is 24.6. The van der Waals surface area contributed by atoms with Crippen LogP contribution in [0.5, 0.6) is 0 Å². The van der Waals surface area contributed by atoms with Crippen LogP contribution in [0.2, 0.25) is 0 Å². The fourth-order valence-corrected chi connectivity index (χ4v) is 5.43. The topological polar surface area (TPSA) is 143 Å². The first-order valence-corrected chi connectivity index (χ1v) is 13.4. The summed E-state index contributed by atoms with van der Waals surface area (Å²) in [5.41, 5.74) is 0.256. The molecule has 1 aliphatic rings. The summed E-state index contributed by atoms with van der Waals surface area (Å²) in [4.78, 5) is 28.0. The molecule has 3 heterocycles. The van der Waals surface area contributed by atoms with Gasteiger partial charge in [-0.15, -0.1) is 10.2 Å². The molecule has 0 spiro atoms. The van der Waals surface area contributed by atoms with Crippen molar-refractivity contribution in [1.29, 1.82) is 5.26 Å². The van der Waals surface area contributed by atoms with Gasteiger partial charge in [-0.05, 0) is 54.8 Å². The molecule has 236 valence electrons. The lowest BCUT2D eigenvalue weighted by atomic mass is 9.88. The minimum atomic E-state index is -4.63.